The van der Waals surface area contributed by atoms with Crippen molar-refractivity contribution in [2.45, 2.75) is 75.1 Å². The number of aliphatic hydroxyl groups is 3. The second-order valence-electron chi connectivity index (χ2n) is 9.08. The summed E-state index contributed by atoms with van der Waals surface area (Å²) in [5.74, 6) is 0.863. The molecule has 4 rings (SSSR count). The molecular weight excluding hydrogens is 444 g/mol. The molecule has 2 aromatic carbocycles. The SMILES string of the molecule is COC1CCC(Oc2ccc(Cc3cc([C@@H]4O[C@H](CO)CC(O)[C@H]4O)ccc3Cl)cc2)CC1. The topological polar surface area (TPSA) is 88.4 Å². The predicted octanol–water partition coefficient (Wildman–Crippen LogP) is 3.81. The first kappa shape index (κ1) is 24.5. The highest BCUT2D eigenvalue weighted by atomic mass is 35.5. The minimum absolute atomic E-state index is 0.205. The highest BCUT2D eigenvalue weighted by molar-refractivity contribution is 6.31. The molecular formula is C26H33ClO6. The molecule has 4 atom stereocenters. The van der Waals surface area contributed by atoms with Gasteiger partial charge >= 0.3 is 0 Å². The Bertz CT molecular complexity index is 896. The highest BCUT2D eigenvalue weighted by Gasteiger charge is 2.37. The Morgan fingerprint density at radius 1 is 1.00 bits per heavy atom. The third-order valence-corrected chi connectivity index (χ3v) is 7.09. The van der Waals surface area contributed by atoms with Crippen LogP contribution in [0.25, 0.3) is 0 Å². The smallest absolute Gasteiger partial charge is 0.119 e. The monoisotopic (exact) mass is 476 g/mol. The van der Waals surface area contributed by atoms with Crippen molar-refractivity contribution in [1.29, 1.82) is 0 Å². The van der Waals surface area contributed by atoms with Gasteiger partial charge in [-0.25, -0.2) is 0 Å². The van der Waals surface area contributed by atoms with Crippen LogP contribution in [-0.4, -0.2) is 59.6 Å². The normalized spacial score (nSPS) is 30.2. The summed E-state index contributed by atoms with van der Waals surface area (Å²) in [6.45, 7) is -0.205. The molecule has 7 heteroatoms. The van der Waals surface area contributed by atoms with E-state index >= 15 is 0 Å². The number of methoxy groups -OCH3 is 1. The Labute approximate surface area is 200 Å². The van der Waals surface area contributed by atoms with Crippen LogP contribution in [0.3, 0.4) is 0 Å². The molecule has 2 aliphatic rings. The summed E-state index contributed by atoms with van der Waals surface area (Å²) in [7, 11) is 1.77. The molecule has 0 aromatic heterocycles. The first-order valence-corrected chi connectivity index (χ1v) is 12.0. The van der Waals surface area contributed by atoms with Crippen LogP contribution in [0.4, 0.5) is 0 Å². The fourth-order valence-electron chi connectivity index (χ4n) is 4.74. The number of rotatable bonds is 7. The number of ether oxygens (including phenoxy) is 3. The third kappa shape index (κ3) is 6.07. The Morgan fingerprint density at radius 2 is 1.70 bits per heavy atom. The van der Waals surface area contributed by atoms with Gasteiger partial charge in [0.15, 0.2) is 0 Å². The molecule has 3 N–H and O–H groups in total. The Morgan fingerprint density at radius 3 is 2.36 bits per heavy atom. The zero-order chi connectivity index (χ0) is 23.4. The van der Waals surface area contributed by atoms with E-state index in [-0.39, 0.29) is 19.1 Å². The van der Waals surface area contributed by atoms with Crippen LogP contribution in [0.2, 0.25) is 5.02 Å². The summed E-state index contributed by atoms with van der Waals surface area (Å²) in [4.78, 5) is 0. The van der Waals surface area contributed by atoms with Crippen LogP contribution in [-0.2, 0) is 15.9 Å². The van der Waals surface area contributed by atoms with E-state index in [1.54, 1.807) is 19.2 Å². The van der Waals surface area contributed by atoms with Gasteiger partial charge in [0.1, 0.15) is 18.0 Å². The molecule has 33 heavy (non-hydrogen) atoms. The van der Waals surface area contributed by atoms with Crippen LogP contribution in [0.5, 0.6) is 5.75 Å². The molecule has 180 valence electrons. The quantitative estimate of drug-likeness (QED) is 0.563. The summed E-state index contributed by atoms with van der Waals surface area (Å²) >= 11 is 6.46. The number of halogens is 1. The number of hydrogen-bond donors (Lipinski definition) is 3. The molecule has 2 aromatic rings. The molecule has 0 amide bonds. The maximum absolute atomic E-state index is 10.4. The lowest BCUT2D eigenvalue weighted by molar-refractivity contribution is -0.179. The third-order valence-electron chi connectivity index (χ3n) is 6.73. The van der Waals surface area contributed by atoms with Crippen LogP contribution in [0.1, 0.15) is 54.9 Å². The Hall–Kier alpha value is -1.67. The van der Waals surface area contributed by atoms with Gasteiger partial charge in [0.05, 0.1) is 31.0 Å². The molecule has 1 heterocycles. The largest absolute Gasteiger partial charge is 0.490 e. The van der Waals surface area contributed by atoms with Gasteiger partial charge in [-0.15, -0.1) is 0 Å². The second kappa shape index (κ2) is 11.2. The van der Waals surface area contributed by atoms with Gasteiger partial charge in [-0.3, -0.25) is 0 Å². The van der Waals surface area contributed by atoms with E-state index in [0.29, 0.717) is 17.5 Å². The first-order chi connectivity index (χ1) is 16.0. The molecule has 1 saturated heterocycles. The maximum atomic E-state index is 10.4. The van der Waals surface area contributed by atoms with Crippen molar-refractivity contribution in [3.05, 3.63) is 64.2 Å². The van der Waals surface area contributed by atoms with Crippen molar-refractivity contribution in [3.8, 4) is 5.75 Å². The molecule has 6 nitrogen and oxygen atoms in total. The molecule has 0 bridgehead atoms. The van der Waals surface area contributed by atoms with Crippen LogP contribution < -0.4 is 4.74 Å². The lowest BCUT2D eigenvalue weighted by Crippen LogP contribution is -2.44. The van der Waals surface area contributed by atoms with Gasteiger partial charge in [0.2, 0.25) is 0 Å². The molecule has 2 fully saturated rings. The zero-order valence-electron chi connectivity index (χ0n) is 18.9. The minimum Gasteiger partial charge on any atom is -0.490 e. The van der Waals surface area contributed by atoms with Crippen molar-refractivity contribution < 1.29 is 29.5 Å². The van der Waals surface area contributed by atoms with E-state index in [0.717, 1.165) is 48.1 Å². The van der Waals surface area contributed by atoms with Crippen molar-refractivity contribution in [3.63, 3.8) is 0 Å². The number of aliphatic hydroxyl groups excluding tert-OH is 3. The van der Waals surface area contributed by atoms with E-state index in [9.17, 15) is 15.3 Å². The lowest BCUT2D eigenvalue weighted by atomic mass is 9.91. The first-order valence-electron chi connectivity index (χ1n) is 11.7. The average molecular weight is 477 g/mol. The van der Waals surface area contributed by atoms with Crippen molar-refractivity contribution in [2.75, 3.05) is 13.7 Å². The predicted molar refractivity (Wildman–Crippen MR) is 126 cm³/mol. The van der Waals surface area contributed by atoms with Crippen LogP contribution in [0, 0.1) is 0 Å². The fraction of sp³-hybridized carbons (Fsp3) is 0.538. The summed E-state index contributed by atoms with van der Waals surface area (Å²) in [6.07, 6.45) is 2.24. The molecule has 1 unspecified atom stereocenters. The van der Waals surface area contributed by atoms with Gasteiger partial charge < -0.3 is 29.5 Å². The molecule has 0 radical (unpaired) electrons. The van der Waals surface area contributed by atoms with E-state index in [1.165, 1.54) is 0 Å². The van der Waals surface area contributed by atoms with Crippen molar-refractivity contribution in [2.24, 2.45) is 0 Å². The molecule has 1 aliphatic carbocycles. The van der Waals surface area contributed by atoms with E-state index in [1.807, 2.05) is 30.3 Å². The Balaban J connectivity index is 1.41. The summed E-state index contributed by atoms with van der Waals surface area (Å²) in [5.41, 5.74) is 2.71. The Kier molecular flexibility index (Phi) is 8.28. The standard InChI is InChI=1S/C26H33ClO6/c1-31-19-7-9-21(10-8-19)32-20-5-2-16(3-6-20)12-18-13-17(4-11-23(18)27)26-25(30)24(29)14-22(15-28)33-26/h2-6,11,13,19,21-22,24-26,28-30H,7-10,12,14-15H2,1H3/t19?,21?,22-,24?,25+,26-/m0/s1. The van der Waals surface area contributed by atoms with Crippen LogP contribution >= 0.6 is 11.6 Å². The molecule has 1 aliphatic heterocycles. The highest BCUT2D eigenvalue weighted by Crippen LogP contribution is 2.34. The summed E-state index contributed by atoms with van der Waals surface area (Å²) < 4.78 is 17.4. The van der Waals surface area contributed by atoms with Crippen molar-refractivity contribution in [1.82, 2.24) is 0 Å². The number of benzene rings is 2. The van der Waals surface area contributed by atoms with E-state index < -0.39 is 24.4 Å². The second-order valence-corrected chi connectivity index (χ2v) is 9.49. The van der Waals surface area contributed by atoms with Gasteiger partial charge in [-0.2, -0.15) is 0 Å². The van der Waals surface area contributed by atoms with Gasteiger partial charge in [0, 0.05) is 18.6 Å². The van der Waals surface area contributed by atoms with E-state index in [4.69, 9.17) is 25.8 Å². The van der Waals surface area contributed by atoms with Gasteiger partial charge in [0.25, 0.3) is 0 Å². The maximum Gasteiger partial charge on any atom is 0.119 e. The molecule has 1 saturated carbocycles. The average Bonchev–Trinajstić information content (AvgIpc) is 2.84. The van der Waals surface area contributed by atoms with Gasteiger partial charge in [-0.1, -0.05) is 35.9 Å². The zero-order valence-corrected chi connectivity index (χ0v) is 19.7. The van der Waals surface area contributed by atoms with E-state index in [2.05, 4.69) is 0 Å². The van der Waals surface area contributed by atoms with Crippen LogP contribution in [0.15, 0.2) is 42.5 Å². The van der Waals surface area contributed by atoms with Crippen molar-refractivity contribution >= 4 is 11.6 Å². The fourth-order valence-corrected chi connectivity index (χ4v) is 4.92. The minimum atomic E-state index is -1.06. The summed E-state index contributed by atoms with van der Waals surface area (Å²) in [5, 5.41) is 30.7. The summed E-state index contributed by atoms with van der Waals surface area (Å²) in [6, 6.07) is 13.5. The lowest BCUT2D eigenvalue weighted by Gasteiger charge is -2.37. The number of hydrogen-bond acceptors (Lipinski definition) is 6. The van der Waals surface area contributed by atoms with Gasteiger partial charge in [-0.05, 0) is 67.0 Å². The molecule has 0 spiro atoms.